The lowest BCUT2D eigenvalue weighted by atomic mass is 10.2. The molecular formula is C12H16O2S. The summed E-state index contributed by atoms with van der Waals surface area (Å²) in [4.78, 5) is 1.21. The molecule has 0 fully saturated rings. The maximum Gasteiger partial charge on any atom is 0.122 e. The third kappa shape index (κ3) is 2.47. The molecule has 1 aliphatic rings. The second kappa shape index (κ2) is 4.06. The summed E-state index contributed by atoms with van der Waals surface area (Å²) in [5.74, 6) is 1.01. The molecule has 1 heterocycles. The number of hydrogen-bond acceptors (Lipinski definition) is 3. The molecule has 3 heteroatoms. The molecule has 0 saturated heterocycles. The molecule has 0 saturated carbocycles. The number of thioether (sulfide) groups is 1. The first-order valence-electron chi connectivity index (χ1n) is 5.16. The van der Waals surface area contributed by atoms with Gasteiger partial charge >= 0.3 is 0 Å². The van der Waals surface area contributed by atoms with Gasteiger partial charge in [-0.05, 0) is 37.6 Å². The summed E-state index contributed by atoms with van der Waals surface area (Å²) < 4.78 is 5.33. The van der Waals surface area contributed by atoms with Gasteiger partial charge in [0, 0.05) is 16.1 Å². The standard InChI is InChI=1S/C12H16O2S/c1-12(2,8-13)15-10-3-4-11-9(7-10)5-6-14-11/h3-4,7,13H,5-6,8H2,1-2H3. The Morgan fingerprint density at radius 3 is 3.00 bits per heavy atom. The van der Waals surface area contributed by atoms with E-state index in [1.54, 1.807) is 11.8 Å². The van der Waals surface area contributed by atoms with Gasteiger partial charge in [0.1, 0.15) is 5.75 Å². The number of aliphatic hydroxyl groups excluding tert-OH is 1. The van der Waals surface area contributed by atoms with Crippen molar-refractivity contribution < 1.29 is 9.84 Å². The van der Waals surface area contributed by atoms with Gasteiger partial charge in [0.15, 0.2) is 0 Å². The highest BCUT2D eigenvalue weighted by molar-refractivity contribution is 8.00. The molecule has 0 spiro atoms. The van der Waals surface area contributed by atoms with E-state index in [1.165, 1.54) is 10.5 Å². The lowest BCUT2D eigenvalue weighted by Gasteiger charge is -2.20. The van der Waals surface area contributed by atoms with E-state index in [9.17, 15) is 5.11 Å². The van der Waals surface area contributed by atoms with E-state index in [0.29, 0.717) is 0 Å². The van der Waals surface area contributed by atoms with Gasteiger partial charge in [0.05, 0.1) is 13.2 Å². The minimum absolute atomic E-state index is 0.117. The van der Waals surface area contributed by atoms with Crippen molar-refractivity contribution in [2.24, 2.45) is 0 Å². The molecule has 0 amide bonds. The molecule has 2 nitrogen and oxygen atoms in total. The number of benzene rings is 1. The first-order valence-corrected chi connectivity index (χ1v) is 5.98. The van der Waals surface area contributed by atoms with Crippen LogP contribution in [0, 0.1) is 0 Å². The molecule has 0 aromatic heterocycles. The van der Waals surface area contributed by atoms with Gasteiger partial charge < -0.3 is 9.84 Å². The van der Waals surface area contributed by atoms with Crippen molar-refractivity contribution in [1.29, 1.82) is 0 Å². The zero-order valence-corrected chi connectivity index (χ0v) is 9.93. The lowest BCUT2D eigenvalue weighted by molar-refractivity contribution is 0.265. The van der Waals surface area contributed by atoms with Crippen molar-refractivity contribution in [2.75, 3.05) is 13.2 Å². The van der Waals surface area contributed by atoms with E-state index in [-0.39, 0.29) is 11.4 Å². The van der Waals surface area contributed by atoms with Crippen LogP contribution in [0.2, 0.25) is 0 Å². The maximum atomic E-state index is 9.20. The number of hydrogen-bond donors (Lipinski definition) is 1. The van der Waals surface area contributed by atoms with Crippen molar-refractivity contribution in [1.82, 2.24) is 0 Å². The minimum Gasteiger partial charge on any atom is -0.493 e. The predicted molar refractivity (Wildman–Crippen MR) is 62.7 cm³/mol. The van der Waals surface area contributed by atoms with Gasteiger partial charge in [0.25, 0.3) is 0 Å². The Kier molecular flexibility index (Phi) is 2.94. The Labute approximate surface area is 94.6 Å². The molecule has 15 heavy (non-hydrogen) atoms. The number of ether oxygens (including phenoxy) is 1. The van der Waals surface area contributed by atoms with Gasteiger partial charge in [-0.15, -0.1) is 11.8 Å². The van der Waals surface area contributed by atoms with E-state index >= 15 is 0 Å². The average molecular weight is 224 g/mol. The summed E-state index contributed by atoms with van der Waals surface area (Å²) in [6.07, 6.45) is 1.00. The van der Waals surface area contributed by atoms with E-state index < -0.39 is 0 Å². The third-order valence-corrected chi connectivity index (χ3v) is 3.61. The van der Waals surface area contributed by atoms with Crippen LogP contribution in [0.25, 0.3) is 0 Å². The smallest absolute Gasteiger partial charge is 0.122 e. The molecule has 0 atom stereocenters. The van der Waals surface area contributed by atoms with E-state index in [1.807, 2.05) is 19.9 Å². The van der Waals surface area contributed by atoms with Crippen LogP contribution >= 0.6 is 11.8 Å². The largest absolute Gasteiger partial charge is 0.493 e. The van der Waals surface area contributed by atoms with Gasteiger partial charge in [-0.25, -0.2) is 0 Å². The fourth-order valence-corrected chi connectivity index (χ4v) is 2.62. The van der Waals surface area contributed by atoms with E-state index in [2.05, 4.69) is 12.1 Å². The highest BCUT2D eigenvalue weighted by Gasteiger charge is 2.19. The fraction of sp³-hybridized carbons (Fsp3) is 0.500. The first kappa shape index (κ1) is 10.8. The Morgan fingerprint density at radius 1 is 1.47 bits per heavy atom. The van der Waals surface area contributed by atoms with Gasteiger partial charge in [-0.1, -0.05) is 0 Å². The Morgan fingerprint density at radius 2 is 2.27 bits per heavy atom. The van der Waals surface area contributed by atoms with Crippen LogP contribution in [0.3, 0.4) is 0 Å². The summed E-state index contributed by atoms with van der Waals surface area (Å²) in [6.45, 7) is 5.07. The predicted octanol–water partition coefficient (Wildman–Crippen LogP) is 2.48. The van der Waals surface area contributed by atoms with Gasteiger partial charge in [-0.2, -0.15) is 0 Å². The number of rotatable bonds is 3. The number of aliphatic hydroxyl groups is 1. The SMILES string of the molecule is CC(C)(CO)Sc1ccc2c(c1)CCO2. The van der Waals surface area contributed by atoms with Crippen LogP contribution < -0.4 is 4.74 Å². The Balaban J connectivity index is 2.17. The zero-order chi connectivity index (χ0) is 10.9. The lowest BCUT2D eigenvalue weighted by Crippen LogP contribution is -2.19. The summed E-state index contributed by atoms with van der Waals surface area (Å²) in [6, 6.07) is 6.26. The van der Waals surface area contributed by atoms with Crippen LogP contribution in [-0.4, -0.2) is 23.1 Å². The topological polar surface area (TPSA) is 29.5 Å². The normalized spacial score (nSPS) is 14.9. The van der Waals surface area contributed by atoms with Gasteiger partial charge in [-0.3, -0.25) is 0 Å². The average Bonchev–Trinajstić information content (AvgIpc) is 2.64. The van der Waals surface area contributed by atoms with E-state index in [4.69, 9.17) is 4.74 Å². The van der Waals surface area contributed by atoms with Crippen LogP contribution in [-0.2, 0) is 6.42 Å². The van der Waals surface area contributed by atoms with Crippen molar-refractivity contribution >= 4 is 11.8 Å². The maximum absolute atomic E-state index is 9.20. The quantitative estimate of drug-likeness (QED) is 0.800. The molecule has 2 rings (SSSR count). The minimum atomic E-state index is -0.117. The highest BCUT2D eigenvalue weighted by atomic mass is 32.2. The summed E-state index contributed by atoms with van der Waals surface area (Å²) in [7, 11) is 0. The second-order valence-corrected chi connectivity index (χ2v) is 6.17. The van der Waals surface area contributed by atoms with Crippen molar-refractivity contribution in [2.45, 2.75) is 29.9 Å². The monoisotopic (exact) mass is 224 g/mol. The summed E-state index contributed by atoms with van der Waals surface area (Å²) in [5, 5.41) is 9.20. The molecular weight excluding hydrogens is 208 g/mol. The van der Waals surface area contributed by atoms with Crippen molar-refractivity contribution in [3.63, 3.8) is 0 Å². The van der Waals surface area contributed by atoms with Crippen molar-refractivity contribution in [3.05, 3.63) is 23.8 Å². The Bertz CT molecular complexity index is 361. The summed E-state index contributed by atoms with van der Waals surface area (Å²) >= 11 is 1.71. The zero-order valence-electron chi connectivity index (χ0n) is 9.12. The van der Waals surface area contributed by atoms with Gasteiger partial charge in [0.2, 0.25) is 0 Å². The van der Waals surface area contributed by atoms with Crippen LogP contribution in [0.15, 0.2) is 23.1 Å². The molecule has 1 aromatic carbocycles. The molecule has 1 aromatic rings. The van der Waals surface area contributed by atoms with Crippen LogP contribution in [0.4, 0.5) is 0 Å². The molecule has 82 valence electrons. The molecule has 0 bridgehead atoms. The van der Waals surface area contributed by atoms with E-state index in [0.717, 1.165) is 18.8 Å². The summed E-state index contributed by atoms with van der Waals surface area (Å²) in [5.41, 5.74) is 1.29. The van der Waals surface area contributed by atoms with Crippen molar-refractivity contribution in [3.8, 4) is 5.75 Å². The fourth-order valence-electron chi connectivity index (χ4n) is 1.58. The Hall–Kier alpha value is -0.670. The molecule has 0 aliphatic carbocycles. The molecule has 0 unspecified atom stereocenters. The molecule has 0 radical (unpaired) electrons. The third-order valence-electron chi connectivity index (χ3n) is 2.44. The molecule has 1 N–H and O–H groups in total. The second-order valence-electron chi connectivity index (χ2n) is 4.39. The van der Waals surface area contributed by atoms with Crippen LogP contribution in [0.5, 0.6) is 5.75 Å². The highest BCUT2D eigenvalue weighted by Crippen LogP contribution is 2.35. The first-order chi connectivity index (χ1) is 7.11. The number of fused-ring (bicyclic) bond motifs is 1. The van der Waals surface area contributed by atoms with Crippen LogP contribution in [0.1, 0.15) is 19.4 Å². The molecule has 1 aliphatic heterocycles.